The lowest BCUT2D eigenvalue weighted by atomic mass is 9.78. The van der Waals surface area contributed by atoms with Crippen molar-refractivity contribution in [2.75, 3.05) is 12.4 Å². The molecule has 1 aromatic carbocycles. The molecular formula is C15H15NO5. The van der Waals surface area contributed by atoms with Crippen molar-refractivity contribution in [1.29, 1.82) is 0 Å². The van der Waals surface area contributed by atoms with E-state index in [4.69, 9.17) is 4.74 Å². The Balaban J connectivity index is 2.17. The Hall–Kier alpha value is -2.50. The number of allylic oxidation sites excluding steroid dienone is 2. The summed E-state index contributed by atoms with van der Waals surface area (Å²) in [7, 11) is 1.44. The van der Waals surface area contributed by atoms with Crippen molar-refractivity contribution in [3.63, 3.8) is 0 Å². The number of nitrogens with one attached hydrogen (secondary N) is 1. The molecule has 21 heavy (non-hydrogen) atoms. The highest BCUT2D eigenvalue weighted by Gasteiger charge is 2.42. The van der Waals surface area contributed by atoms with Crippen LogP contribution >= 0.6 is 0 Å². The smallest absolute Gasteiger partial charge is 0.335 e. The van der Waals surface area contributed by atoms with Crippen molar-refractivity contribution in [1.82, 2.24) is 0 Å². The molecule has 2 aliphatic rings. The number of ether oxygens (including phenoxy) is 1. The molecule has 3 unspecified atom stereocenters. The standard InChI is InChI=1S/C15H15NO5/c1-21-11-6-7(14(17)18)5-10-8-3-2-4-9(8)13(15(19)20)16-12(10)11/h2-3,5-6,8-9,13,16H,4H2,1H3,(H,17,18)(H,19,20). The van der Waals surface area contributed by atoms with Gasteiger partial charge in [0.25, 0.3) is 0 Å². The third-order valence-electron chi connectivity index (χ3n) is 4.17. The predicted octanol–water partition coefficient (Wildman–Crippen LogP) is 1.93. The summed E-state index contributed by atoms with van der Waals surface area (Å²) < 4.78 is 5.24. The first-order chi connectivity index (χ1) is 10.0. The van der Waals surface area contributed by atoms with Crippen LogP contribution in [0.5, 0.6) is 5.75 Å². The first kappa shape index (κ1) is 13.5. The maximum absolute atomic E-state index is 11.5. The highest BCUT2D eigenvalue weighted by molar-refractivity contribution is 5.91. The Bertz CT molecular complexity index is 652. The Kier molecular flexibility index (Phi) is 3.08. The third kappa shape index (κ3) is 2.03. The van der Waals surface area contributed by atoms with Crippen LogP contribution in [0, 0.1) is 5.92 Å². The van der Waals surface area contributed by atoms with Gasteiger partial charge in [-0.25, -0.2) is 9.59 Å². The number of carboxylic acid groups (broad SMARTS) is 2. The molecule has 0 aromatic heterocycles. The average molecular weight is 289 g/mol. The molecule has 3 atom stereocenters. The van der Waals surface area contributed by atoms with Crippen molar-refractivity contribution in [3.05, 3.63) is 35.4 Å². The number of hydrogen-bond donors (Lipinski definition) is 3. The second-order valence-electron chi connectivity index (χ2n) is 5.26. The summed E-state index contributed by atoms with van der Waals surface area (Å²) in [5.41, 5.74) is 1.49. The van der Waals surface area contributed by atoms with E-state index in [0.717, 1.165) is 5.56 Å². The van der Waals surface area contributed by atoms with Gasteiger partial charge < -0.3 is 20.3 Å². The lowest BCUT2D eigenvalue weighted by Gasteiger charge is -2.35. The highest BCUT2D eigenvalue weighted by atomic mass is 16.5. The average Bonchev–Trinajstić information content (AvgIpc) is 2.94. The molecule has 6 heteroatoms. The maximum Gasteiger partial charge on any atom is 0.335 e. The van der Waals surface area contributed by atoms with Crippen molar-refractivity contribution < 1.29 is 24.5 Å². The van der Waals surface area contributed by atoms with Crippen LogP contribution in [-0.4, -0.2) is 35.3 Å². The van der Waals surface area contributed by atoms with E-state index in [-0.39, 0.29) is 17.4 Å². The number of anilines is 1. The van der Waals surface area contributed by atoms with Crippen molar-refractivity contribution in [3.8, 4) is 5.75 Å². The van der Waals surface area contributed by atoms with Crippen molar-refractivity contribution in [2.24, 2.45) is 5.92 Å². The molecule has 0 fully saturated rings. The Morgan fingerprint density at radius 2 is 2.10 bits per heavy atom. The summed E-state index contributed by atoms with van der Waals surface area (Å²) in [5.74, 6) is -1.80. The zero-order valence-corrected chi connectivity index (χ0v) is 11.4. The van der Waals surface area contributed by atoms with Gasteiger partial charge in [-0.15, -0.1) is 0 Å². The molecule has 1 aliphatic carbocycles. The molecule has 1 aromatic rings. The fraction of sp³-hybridized carbons (Fsp3) is 0.333. The Morgan fingerprint density at radius 1 is 1.33 bits per heavy atom. The highest BCUT2D eigenvalue weighted by Crippen LogP contribution is 2.48. The first-order valence-electron chi connectivity index (χ1n) is 6.64. The summed E-state index contributed by atoms with van der Waals surface area (Å²) in [6, 6.07) is 2.30. The number of aliphatic carboxylic acids is 1. The van der Waals surface area contributed by atoms with Gasteiger partial charge in [0.1, 0.15) is 11.8 Å². The van der Waals surface area contributed by atoms with E-state index in [1.807, 2.05) is 12.2 Å². The molecule has 0 spiro atoms. The Labute approximate surface area is 121 Å². The molecule has 0 saturated carbocycles. The van der Waals surface area contributed by atoms with Crippen molar-refractivity contribution in [2.45, 2.75) is 18.4 Å². The third-order valence-corrected chi connectivity index (χ3v) is 4.17. The first-order valence-corrected chi connectivity index (χ1v) is 6.64. The van der Waals surface area contributed by atoms with Gasteiger partial charge in [-0.1, -0.05) is 12.2 Å². The molecule has 0 radical (unpaired) electrons. The van der Waals surface area contributed by atoms with Crippen LogP contribution < -0.4 is 10.1 Å². The van der Waals surface area contributed by atoms with Crippen LogP contribution in [0.1, 0.15) is 28.3 Å². The van der Waals surface area contributed by atoms with Crippen molar-refractivity contribution >= 4 is 17.6 Å². The number of rotatable bonds is 3. The molecule has 0 amide bonds. The normalized spacial score (nSPS) is 25.7. The number of hydrogen-bond acceptors (Lipinski definition) is 4. The number of methoxy groups -OCH3 is 1. The number of carboxylic acids is 2. The van der Waals surface area contributed by atoms with E-state index in [2.05, 4.69) is 5.32 Å². The molecule has 110 valence electrons. The molecule has 0 bridgehead atoms. The maximum atomic E-state index is 11.5. The van der Waals surface area contributed by atoms with Gasteiger partial charge in [0, 0.05) is 11.8 Å². The van der Waals surface area contributed by atoms with E-state index < -0.39 is 18.0 Å². The van der Waals surface area contributed by atoms with Crippen LogP contribution in [0.3, 0.4) is 0 Å². The fourth-order valence-corrected chi connectivity index (χ4v) is 3.20. The number of fused-ring (bicyclic) bond motifs is 3. The lowest BCUT2D eigenvalue weighted by molar-refractivity contribution is -0.139. The fourth-order valence-electron chi connectivity index (χ4n) is 3.20. The van der Waals surface area contributed by atoms with E-state index >= 15 is 0 Å². The molecular weight excluding hydrogens is 274 g/mol. The number of aromatic carboxylic acids is 1. The van der Waals surface area contributed by atoms with Gasteiger partial charge in [-0.05, 0) is 24.1 Å². The van der Waals surface area contributed by atoms with Crippen LogP contribution in [-0.2, 0) is 4.79 Å². The zero-order chi connectivity index (χ0) is 15.1. The molecule has 1 aliphatic heterocycles. The molecule has 3 rings (SSSR count). The summed E-state index contributed by atoms with van der Waals surface area (Å²) >= 11 is 0. The summed E-state index contributed by atoms with van der Waals surface area (Å²) in [6.07, 6.45) is 4.56. The minimum atomic E-state index is -1.03. The van der Waals surface area contributed by atoms with Crippen LogP contribution in [0.4, 0.5) is 5.69 Å². The predicted molar refractivity (Wildman–Crippen MR) is 75.0 cm³/mol. The largest absolute Gasteiger partial charge is 0.495 e. The lowest BCUT2D eigenvalue weighted by Crippen LogP contribution is -2.42. The molecule has 6 nitrogen and oxygen atoms in total. The SMILES string of the molecule is COc1cc(C(=O)O)cc2c1NC(C(=O)O)C1CC=CC21. The second kappa shape index (κ2) is 4.80. The quantitative estimate of drug-likeness (QED) is 0.736. The van der Waals surface area contributed by atoms with Gasteiger partial charge in [-0.2, -0.15) is 0 Å². The van der Waals surface area contributed by atoms with Gasteiger partial charge in [0.05, 0.1) is 18.4 Å². The minimum absolute atomic E-state index is 0.101. The van der Waals surface area contributed by atoms with Gasteiger partial charge in [-0.3, -0.25) is 0 Å². The van der Waals surface area contributed by atoms with E-state index in [1.165, 1.54) is 13.2 Å². The van der Waals surface area contributed by atoms with Gasteiger partial charge in [0.15, 0.2) is 0 Å². The summed E-state index contributed by atoms with van der Waals surface area (Å²) in [5, 5.41) is 21.6. The monoisotopic (exact) mass is 289 g/mol. The second-order valence-corrected chi connectivity index (χ2v) is 5.26. The molecule has 0 saturated heterocycles. The summed E-state index contributed by atoms with van der Waals surface area (Å²) in [6.45, 7) is 0. The van der Waals surface area contributed by atoms with E-state index in [0.29, 0.717) is 17.9 Å². The number of benzene rings is 1. The van der Waals surface area contributed by atoms with E-state index in [9.17, 15) is 19.8 Å². The van der Waals surface area contributed by atoms with Gasteiger partial charge in [0.2, 0.25) is 0 Å². The molecule has 1 heterocycles. The topological polar surface area (TPSA) is 95.9 Å². The number of carbonyl (C=O) groups is 2. The van der Waals surface area contributed by atoms with Crippen LogP contribution in [0.25, 0.3) is 0 Å². The van der Waals surface area contributed by atoms with Gasteiger partial charge >= 0.3 is 11.9 Å². The van der Waals surface area contributed by atoms with E-state index in [1.54, 1.807) is 6.07 Å². The summed E-state index contributed by atoms with van der Waals surface area (Å²) in [4.78, 5) is 22.7. The van der Waals surface area contributed by atoms with Crippen LogP contribution in [0.2, 0.25) is 0 Å². The zero-order valence-electron chi connectivity index (χ0n) is 11.4. The van der Waals surface area contributed by atoms with Crippen LogP contribution in [0.15, 0.2) is 24.3 Å². The Morgan fingerprint density at radius 3 is 2.71 bits per heavy atom. The molecule has 3 N–H and O–H groups in total. The minimum Gasteiger partial charge on any atom is -0.495 e.